The Balaban J connectivity index is 1.88. The van der Waals surface area contributed by atoms with Crippen LogP contribution < -0.4 is 10.1 Å². The van der Waals surface area contributed by atoms with Crippen LogP contribution in [0.1, 0.15) is 19.4 Å². The number of amides is 1. The van der Waals surface area contributed by atoms with Gasteiger partial charge < -0.3 is 10.1 Å². The number of fused-ring (bicyclic) bond motifs is 1. The molecule has 4 heteroatoms. The molecule has 1 heterocycles. The number of rotatable bonds is 3. The average molecular weight is 249 g/mol. The lowest BCUT2D eigenvalue weighted by Gasteiger charge is -2.10. The second-order valence-corrected chi connectivity index (χ2v) is 4.66. The summed E-state index contributed by atoms with van der Waals surface area (Å²) in [6.07, 6.45) is 2.06. The van der Waals surface area contributed by atoms with Crippen LogP contribution in [0.5, 0.6) is 5.75 Å². The largest absolute Gasteiger partial charge is 0.488 e. The summed E-state index contributed by atoms with van der Waals surface area (Å²) in [4.78, 5) is 11.4. The minimum Gasteiger partial charge on any atom is -0.488 e. The van der Waals surface area contributed by atoms with Gasteiger partial charge in [0, 0.05) is 18.1 Å². The Labute approximate surface area is 106 Å². The molecule has 1 N–H and O–H groups in total. The lowest BCUT2D eigenvalue weighted by Crippen LogP contribution is -2.33. The van der Waals surface area contributed by atoms with E-state index in [0.717, 1.165) is 11.1 Å². The lowest BCUT2D eigenvalue weighted by atomic mass is 10.1. The van der Waals surface area contributed by atoms with Crippen LogP contribution in [-0.4, -0.2) is 18.6 Å². The quantitative estimate of drug-likeness (QED) is 0.834. The second kappa shape index (κ2) is 5.21. The summed E-state index contributed by atoms with van der Waals surface area (Å²) >= 11 is 0. The summed E-state index contributed by atoms with van der Waals surface area (Å²) in [5.74, 6) is 0.324. The molecule has 1 aliphatic heterocycles. The zero-order valence-electron chi connectivity index (χ0n) is 10.5. The predicted molar refractivity (Wildman–Crippen MR) is 67.0 cm³/mol. The topological polar surface area (TPSA) is 38.3 Å². The van der Waals surface area contributed by atoms with Gasteiger partial charge in [-0.1, -0.05) is 5.57 Å². The Bertz CT molecular complexity index is 493. The van der Waals surface area contributed by atoms with E-state index in [1.807, 2.05) is 13.8 Å². The number of hydrogen-bond donors (Lipinski definition) is 1. The minimum absolute atomic E-state index is 0.115. The second-order valence-electron chi connectivity index (χ2n) is 4.66. The molecule has 0 saturated carbocycles. The predicted octanol–water partition coefficient (Wildman–Crippen LogP) is 2.21. The van der Waals surface area contributed by atoms with Gasteiger partial charge >= 0.3 is 0 Å². The number of carbonyl (C=O) groups excluding carboxylic acids is 1. The highest BCUT2D eigenvalue weighted by atomic mass is 19.1. The molecule has 0 radical (unpaired) electrons. The first kappa shape index (κ1) is 12.6. The van der Waals surface area contributed by atoms with Crippen molar-refractivity contribution in [2.75, 3.05) is 6.54 Å². The van der Waals surface area contributed by atoms with Crippen molar-refractivity contribution in [3.05, 3.63) is 41.2 Å². The molecular formula is C14H16FNO2. The molecule has 1 atom stereocenters. The monoisotopic (exact) mass is 249 g/mol. The molecule has 1 amide bonds. The van der Waals surface area contributed by atoms with E-state index in [-0.39, 0.29) is 17.8 Å². The van der Waals surface area contributed by atoms with Crippen LogP contribution >= 0.6 is 0 Å². The maximum atomic E-state index is 13.0. The molecule has 96 valence electrons. The molecule has 1 aliphatic rings. The lowest BCUT2D eigenvalue weighted by molar-refractivity contribution is -0.116. The minimum atomic E-state index is -0.258. The molecule has 0 spiro atoms. The molecule has 2 rings (SSSR count). The van der Waals surface area contributed by atoms with Crippen molar-refractivity contribution in [2.24, 2.45) is 0 Å². The third-order valence-electron chi connectivity index (χ3n) is 2.69. The molecule has 0 bridgehead atoms. The Hall–Kier alpha value is -1.84. The summed E-state index contributed by atoms with van der Waals surface area (Å²) < 4.78 is 18.6. The number of hydrogen-bond acceptors (Lipinski definition) is 2. The van der Waals surface area contributed by atoms with Gasteiger partial charge in [0.2, 0.25) is 5.91 Å². The van der Waals surface area contributed by atoms with Crippen LogP contribution in [0, 0.1) is 5.82 Å². The molecule has 0 saturated heterocycles. The highest BCUT2D eigenvalue weighted by molar-refractivity contribution is 5.88. The van der Waals surface area contributed by atoms with Crippen LogP contribution in [0.4, 0.5) is 4.39 Å². The molecule has 1 unspecified atom stereocenters. The average Bonchev–Trinajstić information content (AvgIpc) is 2.67. The van der Waals surface area contributed by atoms with Crippen molar-refractivity contribution in [1.82, 2.24) is 5.32 Å². The third kappa shape index (κ3) is 3.09. The Kier molecular flexibility index (Phi) is 3.65. The first-order chi connectivity index (χ1) is 8.54. The summed E-state index contributed by atoms with van der Waals surface area (Å²) in [5.41, 5.74) is 1.81. The SMILES string of the molecule is CC(C)=CC(=O)NCC1Cc2cc(F)ccc2O1. The van der Waals surface area contributed by atoms with Gasteiger partial charge in [-0.3, -0.25) is 4.79 Å². The Morgan fingerprint density at radius 2 is 2.33 bits per heavy atom. The van der Waals surface area contributed by atoms with Gasteiger partial charge in [0.05, 0.1) is 6.54 Å². The molecular weight excluding hydrogens is 233 g/mol. The van der Waals surface area contributed by atoms with E-state index in [1.165, 1.54) is 12.1 Å². The normalized spacial score (nSPS) is 16.7. The maximum absolute atomic E-state index is 13.0. The van der Waals surface area contributed by atoms with Crippen molar-refractivity contribution in [2.45, 2.75) is 26.4 Å². The van der Waals surface area contributed by atoms with E-state index in [9.17, 15) is 9.18 Å². The molecule has 1 aromatic carbocycles. The third-order valence-corrected chi connectivity index (χ3v) is 2.69. The summed E-state index contributed by atoms with van der Waals surface area (Å²) in [6, 6.07) is 4.48. The van der Waals surface area contributed by atoms with Gasteiger partial charge in [0.25, 0.3) is 0 Å². The van der Waals surface area contributed by atoms with Crippen molar-refractivity contribution >= 4 is 5.91 Å². The Morgan fingerprint density at radius 3 is 3.06 bits per heavy atom. The molecule has 0 fully saturated rings. The maximum Gasteiger partial charge on any atom is 0.244 e. The van der Waals surface area contributed by atoms with Crippen LogP contribution in [0.2, 0.25) is 0 Å². The fourth-order valence-corrected chi connectivity index (χ4v) is 1.93. The summed E-state index contributed by atoms with van der Waals surface area (Å²) in [7, 11) is 0. The van der Waals surface area contributed by atoms with Gasteiger partial charge in [0.15, 0.2) is 0 Å². The van der Waals surface area contributed by atoms with Crippen molar-refractivity contribution in [1.29, 1.82) is 0 Å². The number of allylic oxidation sites excluding steroid dienone is 1. The van der Waals surface area contributed by atoms with Gasteiger partial charge in [-0.25, -0.2) is 4.39 Å². The van der Waals surface area contributed by atoms with E-state index in [1.54, 1.807) is 12.1 Å². The van der Waals surface area contributed by atoms with Gasteiger partial charge in [-0.15, -0.1) is 0 Å². The number of benzene rings is 1. The zero-order chi connectivity index (χ0) is 13.1. The van der Waals surface area contributed by atoms with E-state index in [0.29, 0.717) is 18.7 Å². The van der Waals surface area contributed by atoms with Crippen molar-refractivity contribution in [3.8, 4) is 5.75 Å². The highest BCUT2D eigenvalue weighted by Crippen LogP contribution is 2.28. The fraction of sp³-hybridized carbons (Fsp3) is 0.357. The summed E-state index contributed by atoms with van der Waals surface area (Å²) in [5, 5.41) is 2.77. The first-order valence-corrected chi connectivity index (χ1v) is 5.92. The molecule has 18 heavy (non-hydrogen) atoms. The molecule has 0 aliphatic carbocycles. The molecule has 0 aromatic heterocycles. The summed E-state index contributed by atoms with van der Waals surface area (Å²) in [6.45, 7) is 4.16. The number of ether oxygens (including phenoxy) is 1. The molecule has 3 nitrogen and oxygen atoms in total. The van der Waals surface area contributed by atoms with Gasteiger partial charge in [-0.2, -0.15) is 0 Å². The number of nitrogens with one attached hydrogen (secondary N) is 1. The van der Waals surface area contributed by atoms with Crippen molar-refractivity contribution in [3.63, 3.8) is 0 Å². The van der Waals surface area contributed by atoms with Crippen LogP contribution in [0.15, 0.2) is 29.8 Å². The smallest absolute Gasteiger partial charge is 0.244 e. The standard InChI is InChI=1S/C14H16FNO2/c1-9(2)5-14(17)16-8-12-7-10-6-11(15)3-4-13(10)18-12/h3-6,12H,7-8H2,1-2H3,(H,16,17). The van der Waals surface area contributed by atoms with Crippen LogP contribution in [-0.2, 0) is 11.2 Å². The number of halogens is 1. The van der Waals surface area contributed by atoms with E-state index >= 15 is 0 Å². The molecule has 1 aromatic rings. The zero-order valence-corrected chi connectivity index (χ0v) is 10.5. The van der Waals surface area contributed by atoms with Crippen molar-refractivity contribution < 1.29 is 13.9 Å². The van der Waals surface area contributed by atoms with E-state index in [4.69, 9.17) is 4.74 Å². The Morgan fingerprint density at radius 1 is 1.56 bits per heavy atom. The van der Waals surface area contributed by atoms with E-state index in [2.05, 4.69) is 5.32 Å². The van der Waals surface area contributed by atoms with Crippen LogP contribution in [0.3, 0.4) is 0 Å². The fourth-order valence-electron chi connectivity index (χ4n) is 1.93. The number of carbonyl (C=O) groups is 1. The van der Waals surface area contributed by atoms with Gasteiger partial charge in [0.1, 0.15) is 17.7 Å². The van der Waals surface area contributed by atoms with E-state index < -0.39 is 0 Å². The van der Waals surface area contributed by atoms with Gasteiger partial charge in [-0.05, 0) is 32.0 Å². The first-order valence-electron chi connectivity index (χ1n) is 5.92. The highest BCUT2D eigenvalue weighted by Gasteiger charge is 2.23. The van der Waals surface area contributed by atoms with Crippen LogP contribution in [0.25, 0.3) is 0 Å².